The van der Waals surface area contributed by atoms with Crippen LogP contribution in [0.4, 0.5) is 0 Å². The quantitative estimate of drug-likeness (QED) is 0.799. The smallest absolute Gasteiger partial charge is 0.225 e. The number of hydrogen-bond donors (Lipinski definition) is 1. The van der Waals surface area contributed by atoms with Crippen LogP contribution in [0.5, 0.6) is 0 Å². The van der Waals surface area contributed by atoms with Crippen LogP contribution in [0.15, 0.2) is 0 Å². The van der Waals surface area contributed by atoms with Gasteiger partial charge in [-0.2, -0.15) is 0 Å². The van der Waals surface area contributed by atoms with Crippen LogP contribution in [0, 0.1) is 10.8 Å². The highest BCUT2D eigenvalue weighted by Gasteiger charge is 2.38. The predicted octanol–water partition coefficient (Wildman–Crippen LogP) is 2.11. The zero-order chi connectivity index (χ0) is 11.6. The van der Waals surface area contributed by atoms with E-state index in [0.29, 0.717) is 0 Å². The standard InChI is InChI=1S/C13H23NO2/c1-12(9-16-10-12)8-14-11(15)13(2)6-4-3-5-7-13/h3-10H2,1-2H3,(H,14,15). The van der Waals surface area contributed by atoms with Crippen molar-refractivity contribution in [1.82, 2.24) is 5.32 Å². The molecule has 3 heteroatoms. The van der Waals surface area contributed by atoms with E-state index in [1.165, 1.54) is 19.3 Å². The molecule has 0 atom stereocenters. The molecule has 92 valence electrons. The summed E-state index contributed by atoms with van der Waals surface area (Å²) >= 11 is 0. The number of carbonyl (C=O) groups is 1. The molecule has 16 heavy (non-hydrogen) atoms. The summed E-state index contributed by atoms with van der Waals surface area (Å²) in [5.41, 5.74) is 0.0693. The normalized spacial score (nSPS) is 26.9. The van der Waals surface area contributed by atoms with Crippen LogP contribution in [0.25, 0.3) is 0 Å². The fourth-order valence-corrected chi connectivity index (χ4v) is 2.62. The SMILES string of the molecule is CC1(CNC(=O)C2(C)CCCCC2)COC1. The Labute approximate surface area is 97.9 Å². The Hall–Kier alpha value is -0.570. The highest BCUT2D eigenvalue weighted by molar-refractivity contribution is 5.82. The number of amides is 1. The summed E-state index contributed by atoms with van der Waals surface area (Å²) < 4.78 is 5.19. The van der Waals surface area contributed by atoms with Crippen LogP contribution < -0.4 is 5.32 Å². The zero-order valence-electron chi connectivity index (χ0n) is 10.5. The number of nitrogens with one attached hydrogen (secondary N) is 1. The van der Waals surface area contributed by atoms with E-state index in [9.17, 15) is 4.79 Å². The molecule has 2 aliphatic rings. The Balaban J connectivity index is 1.82. The van der Waals surface area contributed by atoms with Crippen LogP contribution in [-0.4, -0.2) is 25.7 Å². The zero-order valence-corrected chi connectivity index (χ0v) is 10.5. The lowest BCUT2D eigenvalue weighted by atomic mass is 9.75. The summed E-state index contributed by atoms with van der Waals surface area (Å²) in [5.74, 6) is 0.250. The van der Waals surface area contributed by atoms with Gasteiger partial charge in [0.15, 0.2) is 0 Å². The van der Waals surface area contributed by atoms with Gasteiger partial charge in [0.05, 0.1) is 13.2 Å². The van der Waals surface area contributed by atoms with Gasteiger partial charge in [0.2, 0.25) is 5.91 Å². The van der Waals surface area contributed by atoms with Crippen LogP contribution >= 0.6 is 0 Å². The number of rotatable bonds is 3. The summed E-state index contributed by atoms with van der Waals surface area (Å²) in [4.78, 5) is 12.2. The minimum Gasteiger partial charge on any atom is -0.380 e. The average Bonchev–Trinajstić information content (AvgIpc) is 2.24. The van der Waals surface area contributed by atoms with E-state index >= 15 is 0 Å². The van der Waals surface area contributed by atoms with Gasteiger partial charge in [0.1, 0.15) is 0 Å². The van der Waals surface area contributed by atoms with Crippen molar-refractivity contribution >= 4 is 5.91 Å². The van der Waals surface area contributed by atoms with Crippen LogP contribution in [-0.2, 0) is 9.53 Å². The van der Waals surface area contributed by atoms with Gasteiger partial charge in [-0.15, -0.1) is 0 Å². The van der Waals surface area contributed by atoms with Crippen molar-refractivity contribution in [2.75, 3.05) is 19.8 Å². The first-order valence-corrected chi connectivity index (χ1v) is 6.40. The van der Waals surface area contributed by atoms with Crippen molar-refractivity contribution in [3.05, 3.63) is 0 Å². The molecule has 0 unspecified atom stereocenters. The summed E-state index contributed by atoms with van der Waals surface area (Å²) in [7, 11) is 0. The van der Waals surface area contributed by atoms with E-state index in [0.717, 1.165) is 32.6 Å². The molecular formula is C13H23NO2. The summed E-state index contributed by atoms with van der Waals surface area (Å²) in [6.07, 6.45) is 5.78. The number of carbonyl (C=O) groups excluding carboxylic acids is 1. The van der Waals surface area contributed by atoms with Crippen molar-refractivity contribution in [2.45, 2.75) is 46.0 Å². The maximum absolute atomic E-state index is 12.2. The molecule has 0 aromatic carbocycles. The van der Waals surface area contributed by atoms with Crippen molar-refractivity contribution in [1.29, 1.82) is 0 Å². The fraction of sp³-hybridized carbons (Fsp3) is 0.923. The van der Waals surface area contributed by atoms with E-state index in [2.05, 4.69) is 19.2 Å². The van der Waals surface area contributed by atoms with Gasteiger partial charge >= 0.3 is 0 Å². The molecule has 1 N–H and O–H groups in total. The Kier molecular flexibility index (Phi) is 3.24. The summed E-state index contributed by atoms with van der Waals surface area (Å²) in [5, 5.41) is 3.12. The maximum atomic E-state index is 12.2. The minimum atomic E-state index is -0.112. The predicted molar refractivity (Wildman–Crippen MR) is 63.1 cm³/mol. The third-order valence-electron chi connectivity index (χ3n) is 4.08. The number of hydrogen-bond acceptors (Lipinski definition) is 2. The number of ether oxygens (including phenoxy) is 1. The first-order valence-electron chi connectivity index (χ1n) is 6.40. The maximum Gasteiger partial charge on any atom is 0.225 e. The lowest BCUT2D eigenvalue weighted by Crippen LogP contribution is -2.51. The lowest BCUT2D eigenvalue weighted by Gasteiger charge is -2.39. The Bertz CT molecular complexity index is 265. The van der Waals surface area contributed by atoms with Gasteiger partial charge in [-0.05, 0) is 12.8 Å². The third kappa shape index (κ3) is 2.40. The molecule has 1 aliphatic carbocycles. The molecule has 0 aromatic heterocycles. The van der Waals surface area contributed by atoms with Crippen LogP contribution in [0.2, 0.25) is 0 Å². The van der Waals surface area contributed by atoms with Gasteiger partial charge in [-0.3, -0.25) is 4.79 Å². The fourth-order valence-electron chi connectivity index (χ4n) is 2.62. The van der Waals surface area contributed by atoms with E-state index in [1.54, 1.807) is 0 Å². The molecule has 2 fully saturated rings. The minimum absolute atomic E-state index is 0.112. The van der Waals surface area contributed by atoms with Gasteiger partial charge in [0, 0.05) is 17.4 Å². The second-order valence-electron chi connectivity index (χ2n) is 6.11. The van der Waals surface area contributed by atoms with Gasteiger partial charge < -0.3 is 10.1 Å². The Morgan fingerprint density at radius 1 is 1.19 bits per heavy atom. The van der Waals surface area contributed by atoms with E-state index < -0.39 is 0 Å². The van der Waals surface area contributed by atoms with Crippen molar-refractivity contribution in [2.24, 2.45) is 10.8 Å². The topological polar surface area (TPSA) is 38.3 Å². The van der Waals surface area contributed by atoms with E-state index in [-0.39, 0.29) is 16.7 Å². The first-order chi connectivity index (χ1) is 7.54. The van der Waals surface area contributed by atoms with E-state index in [1.807, 2.05) is 0 Å². The molecule has 1 saturated carbocycles. The highest BCUT2D eigenvalue weighted by atomic mass is 16.5. The molecule has 0 radical (unpaired) electrons. The molecule has 0 bridgehead atoms. The Morgan fingerprint density at radius 2 is 1.81 bits per heavy atom. The molecule has 1 aliphatic heterocycles. The van der Waals surface area contributed by atoms with Crippen molar-refractivity contribution in [3.63, 3.8) is 0 Å². The lowest BCUT2D eigenvalue weighted by molar-refractivity contribution is -0.136. The second-order valence-corrected chi connectivity index (χ2v) is 6.11. The highest BCUT2D eigenvalue weighted by Crippen LogP contribution is 2.36. The summed E-state index contributed by atoms with van der Waals surface area (Å²) in [6, 6.07) is 0. The van der Waals surface area contributed by atoms with Gasteiger partial charge in [-0.1, -0.05) is 33.1 Å². The first kappa shape index (κ1) is 11.9. The van der Waals surface area contributed by atoms with Crippen LogP contribution in [0.1, 0.15) is 46.0 Å². The molecule has 1 heterocycles. The van der Waals surface area contributed by atoms with Crippen molar-refractivity contribution in [3.8, 4) is 0 Å². The van der Waals surface area contributed by atoms with Crippen molar-refractivity contribution < 1.29 is 9.53 Å². The molecule has 0 aromatic rings. The molecule has 1 amide bonds. The van der Waals surface area contributed by atoms with Gasteiger partial charge in [0.25, 0.3) is 0 Å². The molecule has 0 spiro atoms. The molecule has 2 rings (SSSR count). The second kappa shape index (κ2) is 4.36. The monoisotopic (exact) mass is 225 g/mol. The summed E-state index contributed by atoms with van der Waals surface area (Å²) in [6.45, 7) is 6.61. The van der Waals surface area contributed by atoms with Gasteiger partial charge in [-0.25, -0.2) is 0 Å². The largest absolute Gasteiger partial charge is 0.380 e. The average molecular weight is 225 g/mol. The molecule has 1 saturated heterocycles. The Morgan fingerprint density at radius 3 is 2.31 bits per heavy atom. The van der Waals surface area contributed by atoms with E-state index in [4.69, 9.17) is 4.74 Å². The van der Waals surface area contributed by atoms with Crippen LogP contribution in [0.3, 0.4) is 0 Å². The molecular weight excluding hydrogens is 202 g/mol. The third-order valence-corrected chi connectivity index (χ3v) is 4.08. The molecule has 3 nitrogen and oxygen atoms in total.